The first-order valence-electron chi connectivity index (χ1n) is 15.4. The van der Waals surface area contributed by atoms with E-state index in [4.69, 9.17) is 9.47 Å². The van der Waals surface area contributed by atoms with Crippen molar-refractivity contribution in [2.45, 2.75) is 68.8 Å². The van der Waals surface area contributed by atoms with Crippen LogP contribution in [0.25, 0.3) is 0 Å². The fourth-order valence-corrected chi connectivity index (χ4v) is 8.92. The van der Waals surface area contributed by atoms with Crippen molar-refractivity contribution in [2.75, 3.05) is 36.8 Å². The van der Waals surface area contributed by atoms with Crippen LogP contribution in [0.4, 0.5) is 11.4 Å². The Bertz CT molecular complexity index is 1830. The SMILES string of the molecule is Cc1ccc(NC(=O)c2ccc(S(=O)(=O)N3CC(C)OC(C)C3)cc2)cc1NC(=O)c1ccc(S(=O)(=O)N2CC(C)OC(C)C2)cc1. The molecule has 12 nitrogen and oxygen atoms in total. The van der Waals surface area contributed by atoms with Crippen LogP contribution in [0.5, 0.6) is 0 Å². The van der Waals surface area contributed by atoms with Crippen LogP contribution in [-0.2, 0) is 29.5 Å². The van der Waals surface area contributed by atoms with Crippen molar-refractivity contribution in [3.05, 3.63) is 83.4 Å². The molecule has 2 N–H and O–H groups in total. The van der Waals surface area contributed by atoms with E-state index in [0.717, 1.165) is 5.56 Å². The third-order valence-electron chi connectivity index (χ3n) is 8.02. The zero-order valence-electron chi connectivity index (χ0n) is 27.0. The van der Waals surface area contributed by atoms with E-state index in [1.807, 2.05) is 27.7 Å². The maximum atomic E-state index is 13.2. The summed E-state index contributed by atoms with van der Waals surface area (Å²) in [5.41, 5.74) is 2.13. The lowest BCUT2D eigenvalue weighted by Crippen LogP contribution is -2.48. The number of hydrogen-bond donors (Lipinski definition) is 2. The van der Waals surface area contributed by atoms with Crippen molar-refractivity contribution >= 4 is 43.2 Å². The second-order valence-corrected chi connectivity index (χ2v) is 16.0. The van der Waals surface area contributed by atoms with Crippen molar-refractivity contribution < 1.29 is 35.9 Å². The molecule has 2 fully saturated rings. The van der Waals surface area contributed by atoms with E-state index in [0.29, 0.717) is 11.4 Å². The van der Waals surface area contributed by atoms with E-state index in [-0.39, 0.29) is 71.5 Å². The van der Waals surface area contributed by atoms with E-state index in [2.05, 4.69) is 10.6 Å². The van der Waals surface area contributed by atoms with E-state index < -0.39 is 31.9 Å². The number of anilines is 2. The molecule has 2 aliphatic rings. The van der Waals surface area contributed by atoms with Gasteiger partial charge in [0.05, 0.1) is 34.2 Å². The molecule has 0 saturated carbocycles. The minimum absolute atomic E-state index is 0.0895. The Morgan fingerprint density at radius 2 is 1.00 bits per heavy atom. The van der Waals surface area contributed by atoms with Gasteiger partial charge in [0.2, 0.25) is 20.0 Å². The number of aryl methyl sites for hydroxylation is 1. The van der Waals surface area contributed by atoms with E-state index in [1.165, 1.54) is 57.1 Å². The molecular formula is C33H40N4O8S2. The molecule has 2 amide bonds. The topological polar surface area (TPSA) is 151 Å². The third kappa shape index (κ3) is 7.91. The first kappa shape index (κ1) is 34.7. The number of ether oxygens (including phenoxy) is 2. The van der Waals surface area contributed by atoms with Gasteiger partial charge >= 0.3 is 0 Å². The zero-order valence-corrected chi connectivity index (χ0v) is 28.6. The summed E-state index contributed by atoms with van der Waals surface area (Å²) in [4.78, 5) is 26.3. The predicted molar refractivity (Wildman–Crippen MR) is 178 cm³/mol. The van der Waals surface area contributed by atoms with Crippen molar-refractivity contribution in [1.29, 1.82) is 0 Å². The number of sulfonamides is 2. The van der Waals surface area contributed by atoms with Crippen LogP contribution >= 0.6 is 0 Å². The van der Waals surface area contributed by atoms with Crippen molar-refractivity contribution in [1.82, 2.24) is 8.61 Å². The molecule has 2 heterocycles. The number of nitrogens with zero attached hydrogens (tertiary/aromatic N) is 2. The summed E-state index contributed by atoms with van der Waals surface area (Å²) < 4.78 is 66.8. The number of carbonyl (C=O) groups excluding carboxylic acids is 2. The lowest BCUT2D eigenvalue weighted by molar-refractivity contribution is -0.0442. The molecule has 4 atom stereocenters. The molecule has 2 aliphatic heterocycles. The van der Waals surface area contributed by atoms with Crippen LogP contribution in [0.2, 0.25) is 0 Å². The van der Waals surface area contributed by atoms with Crippen LogP contribution in [-0.4, -0.2) is 87.9 Å². The maximum absolute atomic E-state index is 13.2. The molecule has 3 aromatic carbocycles. The number of morpholine rings is 2. The van der Waals surface area contributed by atoms with E-state index >= 15 is 0 Å². The minimum Gasteiger partial charge on any atom is -0.373 e. The predicted octanol–water partition coefficient (Wildman–Crippen LogP) is 4.10. The minimum atomic E-state index is -3.75. The number of carbonyl (C=O) groups is 2. The van der Waals surface area contributed by atoms with Gasteiger partial charge in [0, 0.05) is 48.7 Å². The summed E-state index contributed by atoms with van der Waals surface area (Å²) in [6.07, 6.45) is -0.886. The molecule has 0 aliphatic carbocycles. The Balaban J connectivity index is 1.23. The molecule has 0 bridgehead atoms. The van der Waals surface area contributed by atoms with Crippen molar-refractivity contribution in [3.8, 4) is 0 Å². The van der Waals surface area contributed by atoms with Crippen LogP contribution < -0.4 is 10.6 Å². The zero-order chi connectivity index (χ0) is 34.1. The lowest BCUT2D eigenvalue weighted by atomic mass is 10.1. The van der Waals surface area contributed by atoms with Crippen LogP contribution in [0.3, 0.4) is 0 Å². The van der Waals surface area contributed by atoms with E-state index in [9.17, 15) is 26.4 Å². The Morgan fingerprint density at radius 3 is 1.40 bits per heavy atom. The molecule has 14 heteroatoms. The average Bonchev–Trinajstić information content (AvgIpc) is 3.02. The fraction of sp³-hybridized carbons (Fsp3) is 0.394. The molecule has 2 saturated heterocycles. The van der Waals surface area contributed by atoms with Gasteiger partial charge in [-0.25, -0.2) is 16.8 Å². The van der Waals surface area contributed by atoms with E-state index in [1.54, 1.807) is 25.1 Å². The Labute approximate surface area is 276 Å². The third-order valence-corrected chi connectivity index (χ3v) is 11.7. The molecule has 0 aromatic heterocycles. The highest BCUT2D eigenvalue weighted by molar-refractivity contribution is 7.89. The molecule has 5 rings (SSSR count). The van der Waals surface area contributed by atoms with Gasteiger partial charge in [0.25, 0.3) is 11.8 Å². The Morgan fingerprint density at radius 1 is 0.617 bits per heavy atom. The highest BCUT2D eigenvalue weighted by atomic mass is 32.2. The smallest absolute Gasteiger partial charge is 0.255 e. The van der Waals surface area contributed by atoms with Crippen LogP contribution in [0, 0.1) is 6.92 Å². The molecule has 47 heavy (non-hydrogen) atoms. The first-order valence-corrected chi connectivity index (χ1v) is 18.3. The van der Waals surface area contributed by atoms with Crippen LogP contribution in [0.15, 0.2) is 76.5 Å². The molecule has 3 aromatic rings. The second-order valence-electron chi connectivity index (χ2n) is 12.1. The molecular weight excluding hydrogens is 645 g/mol. The molecule has 0 radical (unpaired) electrons. The summed E-state index contributed by atoms with van der Waals surface area (Å²) in [5, 5.41) is 5.61. The van der Waals surface area contributed by atoms with Crippen LogP contribution in [0.1, 0.15) is 54.0 Å². The summed E-state index contributed by atoms with van der Waals surface area (Å²) >= 11 is 0. The average molecular weight is 685 g/mol. The summed E-state index contributed by atoms with van der Waals surface area (Å²) in [5.74, 6) is -0.903. The van der Waals surface area contributed by atoms with Gasteiger partial charge in [0.1, 0.15) is 0 Å². The number of benzene rings is 3. The summed E-state index contributed by atoms with van der Waals surface area (Å²) in [6, 6.07) is 16.5. The van der Waals surface area contributed by atoms with Gasteiger partial charge in [-0.2, -0.15) is 8.61 Å². The number of hydrogen-bond acceptors (Lipinski definition) is 8. The summed E-state index contributed by atoms with van der Waals surface area (Å²) in [7, 11) is -7.50. The number of rotatable bonds is 8. The highest BCUT2D eigenvalue weighted by Crippen LogP contribution is 2.25. The molecule has 4 unspecified atom stereocenters. The standard InChI is InChI=1S/C33H40N4O8S2/c1-21-6-11-28(34-32(38)26-7-12-29(13-8-26)46(40,41)36-17-22(2)44-23(3)18-36)16-31(21)35-33(39)27-9-14-30(15-10-27)47(42,43)37-19-24(4)45-25(5)20-37/h6-16,22-25H,17-20H2,1-5H3,(H,34,38)(H,35,39). The van der Waals surface area contributed by atoms with Crippen molar-refractivity contribution in [2.24, 2.45) is 0 Å². The second kappa shape index (κ2) is 13.8. The van der Waals surface area contributed by atoms with Crippen molar-refractivity contribution in [3.63, 3.8) is 0 Å². The summed E-state index contributed by atoms with van der Waals surface area (Å²) in [6.45, 7) is 10.1. The molecule has 252 valence electrons. The quantitative estimate of drug-likeness (QED) is 0.360. The molecule has 0 spiro atoms. The van der Waals surface area contributed by atoms with Gasteiger partial charge in [-0.05, 0) is 101 Å². The highest BCUT2D eigenvalue weighted by Gasteiger charge is 2.33. The van der Waals surface area contributed by atoms with Gasteiger partial charge in [-0.1, -0.05) is 6.07 Å². The van der Waals surface area contributed by atoms with Gasteiger partial charge in [-0.3, -0.25) is 9.59 Å². The first-order chi connectivity index (χ1) is 22.1. The lowest BCUT2D eigenvalue weighted by Gasteiger charge is -2.34. The van der Waals surface area contributed by atoms with Gasteiger partial charge in [0.15, 0.2) is 0 Å². The Hall–Kier alpha value is -3.66. The number of amides is 2. The van der Waals surface area contributed by atoms with Gasteiger partial charge in [-0.15, -0.1) is 0 Å². The number of nitrogens with one attached hydrogen (secondary N) is 2. The van der Waals surface area contributed by atoms with Gasteiger partial charge < -0.3 is 20.1 Å². The normalized spacial score (nSPS) is 22.8. The fourth-order valence-electron chi connectivity index (χ4n) is 5.74. The Kier molecular flexibility index (Phi) is 10.2. The monoisotopic (exact) mass is 684 g/mol. The largest absolute Gasteiger partial charge is 0.373 e. The maximum Gasteiger partial charge on any atom is 0.255 e.